The van der Waals surface area contributed by atoms with Crippen LogP contribution in [-0.4, -0.2) is 10.9 Å². The molecule has 17 heavy (non-hydrogen) atoms. The fraction of sp³-hybridized carbons (Fsp3) is 0.0909. The lowest BCUT2D eigenvalue weighted by atomic mass is 10.2. The zero-order chi connectivity index (χ0) is 12.4. The first-order valence-corrected chi connectivity index (χ1v) is 6.56. The number of hydrogen-bond acceptors (Lipinski definition) is 5. The molecule has 4 nitrogen and oxygen atoms in total. The first kappa shape index (κ1) is 11.9. The summed E-state index contributed by atoms with van der Waals surface area (Å²) in [7, 11) is 0. The molecule has 0 aliphatic carbocycles. The van der Waals surface area contributed by atoms with E-state index in [0.717, 1.165) is 14.9 Å². The maximum atomic E-state index is 11.2. The van der Waals surface area contributed by atoms with Crippen molar-refractivity contribution in [3.63, 3.8) is 0 Å². The van der Waals surface area contributed by atoms with E-state index in [4.69, 9.17) is 11.5 Å². The summed E-state index contributed by atoms with van der Waals surface area (Å²) in [6, 6.07) is 5.23. The molecular weight excluding hydrogens is 254 g/mol. The van der Waals surface area contributed by atoms with E-state index in [9.17, 15) is 4.79 Å². The van der Waals surface area contributed by atoms with Gasteiger partial charge in [0, 0.05) is 16.0 Å². The minimum Gasteiger partial charge on any atom is -0.397 e. The Hall–Kier alpha value is -1.53. The third-order valence-corrected chi connectivity index (χ3v) is 4.26. The number of anilines is 1. The summed E-state index contributed by atoms with van der Waals surface area (Å²) in [5.74, 6) is -0.514. The number of nitrogens with two attached hydrogens (primary N) is 2. The second-order valence-corrected chi connectivity index (χ2v) is 5.59. The van der Waals surface area contributed by atoms with Crippen LogP contribution in [0.15, 0.2) is 32.8 Å². The molecule has 0 saturated carbocycles. The van der Waals surface area contributed by atoms with Gasteiger partial charge in [-0.2, -0.15) is 0 Å². The predicted octanol–water partition coefficient (Wildman–Crippen LogP) is 2.28. The van der Waals surface area contributed by atoms with Crippen LogP contribution in [0.5, 0.6) is 0 Å². The second kappa shape index (κ2) is 4.77. The summed E-state index contributed by atoms with van der Waals surface area (Å²) in [6.45, 7) is 1.93. The molecule has 2 aromatic rings. The molecule has 0 bridgehead atoms. The van der Waals surface area contributed by atoms with Gasteiger partial charge in [0.05, 0.1) is 11.3 Å². The summed E-state index contributed by atoms with van der Waals surface area (Å²) in [5, 5.41) is 1.97. The number of aryl methyl sites for hydroxylation is 1. The van der Waals surface area contributed by atoms with E-state index in [1.807, 2.05) is 18.4 Å². The average molecular weight is 265 g/mol. The number of aromatic nitrogens is 1. The summed E-state index contributed by atoms with van der Waals surface area (Å²) < 4.78 is 0.899. The van der Waals surface area contributed by atoms with Crippen LogP contribution in [-0.2, 0) is 0 Å². The van der Waals surface area contributed by atoms with Gasteiger partial charge in [-0.15, -0.1) is 11.3 Å². The molecule has 0 saturated heterocycles. The number of carbonyl (C=O) groups excluding carboxylic acids is 1. The van der Waals surface area contributed by atoms with Crippen LogP contribution in [0.25, 0.3) is 0 Å². The van der Waals surface area contributed by atoms with E-state index in [1.165, 1.54) is 11.8 Å². The lowest BCUT2D eigenvalue weighted by molar-refractivity contribution is 0.100. The maximum Gasteiger partial charge on any atom is 0.250 e. The van der Waals surface area contributed by atoms with Gasteiger partial charge in [0.1, 0.15) is 0 Å². The lowest BCUT2D eigenvalue weighted by Gasteiger charge is -2.06. The van der Waals surface area contributed by atoms with Gasteiger partial charge in [0.25, 0.3) is 5.91 Å². The Labute approximate surface area is 107 Å². The van der Waals surface area contributed by atoms with Crippen molar-refractivity contribution >= 4 is 34.7 Å². The number of nitrogens with zero attached hydrogens (tertiary/aromatic N) is 1. The standard InChI is InChI=1S/C11H11N3OS2/c1-6-5-16-11(14-6)17-8-4-2-3-7(9(8)12)10(13)15/h2-5H,12H2,1H3,(H2,13,15). The van der Waals surface area contributed by atoms with Crippen LogP contribution in [0.4, 0.5) is 5.69 Å². The molecule has 0 atom stereocenters. The SMILES string of the molecule is Cc1csc(Sc2cccc(C(N)=O)c2N)n1. The van der Waals surface area contributed by atoms with E-state index >= 15 is 0 Å². The highest BCUT2D eigenvalue weighted by Gasteiger charge is 2.11. The molecule has 1 heterocycles. The third-order valence-electron chi connectivity index (χ3n) is 2.13. The largest absolute Gasteiger partial charge is 0.397 e. The minimum absolute atomic E-state index is 0.350. The average Bonchev–Trinajstić information content (AvgIpc) is 2.67. The van der Waals surface area contributed by atoms with E-state index in [0.29, 0.717) is 11.3 Å². The highest BCUT2D eigenvalue weighted by Crippen LogP contribution is 2.35. The summed E-state index contributed by atoms with van der Waals surface area (Å²) in [6.07, 6.45) is 0. The minimum atomic E-state index is -0.514. The first-order chi connectivity index (χ1) is 8.08. The molecule has 4 N–H and O–H groups in total. The Morgan fingerprint density at radius 2 is 2.24 bits per heavy atom. The van der Waals surface area contributed by atoms with Gasteiger partial charge in [-0.25, -0.2) is 4.98 Å². The monoisotopic (exact) mass is 265 g/mol. The lowest BCUT2D eigenvalue weighted by Crippen LogP contribution is -2.13. The van der Waals surface area contributed by atoms with Crippen molar-refractivity contribution in [3.05, 3.63) is 34.8 Å². The van der Waals surface area contributed by atoms with Crippen LogP contribution >= 0.6 is 23.1 Å². The molecule has 1 aromatic carbocycles. The van der Waals surface area contributed by atoms with Gasteiger partial charge in [0.2, 0.25) is 0 Å². The molecular formula is C11H11N3OS2. The summed E-state index contributed by atoms with van der Waals surface area (Å²) in [4.78, 5) is 16.3. The number of primary amides is 1. The van der Waals surface area contributed by atoms with Crippen molar-refractivity contribution in [2.24, 2.45) is 5.73 Å². The fourth-order valence-electron chi connectivity index (χ4n) is 1.32. The highest BCUT2D eigenvalue weighted by molar-refractivity contribution is 8.01. The van der Waals surface area contributed by atoms with E-state index in [-0.39, 0.29) is 0 Å². The topological polar surface area (TPSA) is 82.0 Å². The van der Waals surface area contributed by atoms with Gasteiger partial charge < -0.3 is 11.5 Å². The van der Waals surface area contributed by atoms with Crippen molar-refractivity contribution in [2.45, 2.75) is 16.2 Å². The van der Waals surface area contributed by atoms with E-state index in [1.54, 1.807) is 23.5 Å². The van der Waals surface area contributed by atoms with Gasteiger partial charge in [0.15, 0.2) is 4.34 Å². The number of nitrogen functional groups attached to an aromatic ring is 1. The number of para-hydroxylation sites is 1. The molecule has 88 valence electrons. The molecule has 1 amide bonds. The molecule has 0 aliphatic heterocycles. The quantitative estimate of drug-likeness (QED) is 0.834. The van der Waals surface area contributed by atoms with Gasteiger partial charge in [-0.05, 0) is 19.1 Å². The van der Waals surface area contributed by atoms with Crippen molar-refractivity contribution in [3.8, 4) is 0 Å². The van der Waals surface area contributed by atoms with Crippen LogP contribution in [0.1, 0.15) is 16.1 Å². The molecule has 0 spiro atoms. The first-order valence-electron chi connectivity index (χ1n) is 4.86. The molecule has 0 fully saturated rings. The molecule has 1 aromatic heterocycles. The Morgan fingerprint density at radius 1 is 1.47 bits per heavy atom. The Bertz CT molecular complexity index is 566. The normalized spacial score (nSPS) is 10.4. The Kier molecular flexibility index (Phi) is 3.35. The smallest absolute Gasteiger partial charge is 0.250 e. The van der Waals surface area contributed by atoms with Crippen LogP contribution in [0.3, 0.4) is 0 Å². The molecule has 0 aliphatic rings. The molecule has 0 unspecified atom stereocenters. The van der Waals surface area contributed by atoms with Crippen molar-refractivity contribution in [2.75, 3.05) is 5.73 Å². The van der Waals surface area contributed by atoms with Crippen LogP contribution < -0.4 is 11.5 Å². The highest BCUT2D eigenvalue weighted by atomic mass is 32.2. The summed E-state index contributed by atoms with van der Waals surface area (Å²) >= 11 is 2.99. The van der Waals surface area contributed by atoms with E-state index in [2.05, 4.69) is 4.98 Å². The zero-order valence-electron chi connectivity index (χ0n) is 9.14. The maximum absolute atomic E-state index is 11.2. The van der Waals surface area contributed by atoms with Gasteiger partial charge in [-0.3, -0.25) is 4.79 Å². The van der Waals surface area contributed by atoms with Gasteiger partial charge in [-0.1, -0.05) is 17.8 Å². The number of carbonyl (C=O) groups is 1. The van der Waals surface area contributed by atoms with E-state index < -0.39 is 5.91 Å². The molecule has 0 radical (unpaired) electrons. The Morgan fingerprint density at radius 3 is 2.82 bits per heavy atom. The van der Waals surface area contributed by atoms with Gasteiger partial charge >= 0.3 is 0 Å². The van der Waals surface area contributed by atoms with Crippen molar-refractivity contribution < 1.29 is 4.79 Å². The number of rotatable bonds is 3. The number of thiazole rings is 1. The molecule has 6 heteroatoms. The van der Waals surface area contributed by atoms with Crippen molar-refractivity contribution in [1.29, 1.82) is 0 Å². The molecule has 2 rings (SSSR count). The predicted molar refractivity (Wildman–Crippen MR) is 70.3 cm³/mol. The number of hydrogen-bond donors (Lipinski definition) is 2. The van der Waals surface area contributed by atoms with Crippen LogP contribution in [0.2, 0.25) is 0 Å². The summed E-state index contributed by atoms with van der Waals surface area (Å²) in [5.41, 5.74) is 12.9. The third kappa shape index (κ3) is 2.59. The number of benzene rings is 1. The second-order valence-electron chi connectivity index (χ2n) is 3.44. The zero-order valence-corrected chi connectivity index (χ0v) is 10.8. The van der Waals surface area contributed by atoms with Crippen LogP contribution in [0, 0.1) is 6.92 Å². The van der Waals surface area contributed by atoms with Crippen molar-refractivity contribution in [1.82, 2.24) is 4.98 Å². The fourth-order valence-corrected chi connectivity index (χ4v) is 3.19. The Balaban J connectivity index is 2.33. The number of amides is 1.